The van der Waals surface area contributed by atoms with Gasteiger partial charge in [-0.3, -0.25) is 5.01 Å². The van der Waals surface area contributed by atoms with Crippen LogP contribution in [0.25, 0.3) is 33.8 Å². The average Bonchev–Trinajstić information content (AvgIpc) is 2.56. The molecule has 2 heterocycles. The molecular formula is C18H16N4. The van der Waals surface area contributed by atoms with Crippen LogP contribution in [0.15, 0.2) is 48.5 Å². The molecule has 4 heteroatoms. The summed E-state index contributed by atoms with van der Waals surface area (Å²) >= 11 is 0. The van der Waals surface area contributed by atoms with Crippen LogP contribution in [0.5, 0.6) is 0 Å². The molecule has 1 fully saturated rings. The normalized spacial score (nSPS) is 20.2. The van der Waals surface area contributed by atoms with Crippen LogP contribution < -0.4 is 26.9 Å². The number of hydrogen-bond acceptors (Lipinski definition) is 4. The summed E-state index contributed by atoms with van der Waals surface area (Å²) in [7, 11) is 0. The van der Waals surface area contributed by atoms with Gasteiger partial charge in [0.2, 0.25) is 0 Å². The summed E-state index contributed by atoms with van der Waals surface area (Å²) in [5, 5.41) is 9.81. The molecule has 1 unspecified atom stereocenters. The van der Waals surface area contributed by atoms with Gasteiger partial charge < -0.3 is 0 Å². The van der Waals surface area contributed by atoms with E-state index in [9.17, 15) is 0 Å². The molecule has 1 saturated heterocycles. The van der Waals surface area contributed by atoms with Crippen LogP contribution in [-0.4, -0.2) is 17.6 Å². The fourth-order valence-electron chi connectivity index (χ4n) is 3.35. The minimum absolute atomic E-state index is 0.326. The number of hydrazine groups is 3. The van der Waals surface area contributed by atoms with Crippen molar-refractivity contribution in [1.82, 2.24) is 21.5 Å². The molecule has 0 bridgehead atoms. The first-order valence-electron chi connectivity index (χ1n) is 7.55. The zero-order valence-electron chi connectivity index (χ0n) is 12.0. The molecule has 5 rings (SSSR count). The lowest BCUT2D eigenvalue weighted by atomic mass is 10.0. The van der Waals surface area contributed by atoms with Crippen molar-refractivity contribution >= 4 is 33.8 Å². The summed E-state index contributed by atoms with van der Waals surface area (Å²) in [6.07, 6.45) is 4.48. The van der Waals surface area contributed by atoms with Gasteiger partial charge in [0.1, 0.15) is 0 Å². The second-order valence-electron chi connectivity index (χ2n) is 5.92. The molecule has 3 aromatic carbocycles. The lowest BCUT2D eigenvalue weighted by Gasteiger charge is -2.35. The Kier molecular flexibility index (Phi) is 2.52. The summed E-state index contributed by atoms with van der Waals surface area (Å²) in [6.45, 7) is 0.874. The van der Waals surface area contributed by atoms with Gasteiger partial charge in [-0.25, -0.2) is 5.43 Å². The smallest absolute Gasteiger partial charge is 0.0790 e. The first kappa shape index (κ1) is 12.2. The molecule has 0 aromatic heterocycles. The highest BCUT2D eigenvalue weighted by molar-refractivity contribution is 5.98. The maximum Gasteiger partial charge on any atom is 0.0790 e. The van der Waals surface area contributed by atoms with Gasteiger partial charge in [0, 0.05) is 12.7 Å². The second kappa shape index (κ2) is 4.55. The lowest BCUT2D eigenvalue weighted by molar-refractivity contribution is 0.140. The molecule has 0 aliphatic carbocycles. The zero-order chi connectivity index (χ0) is 14.5. The standard InChI is InChI=1S/C18H16N4/c1-2-4-13-6-15-8-17-11-22-18(10-19-20-21-22)9-16(17)7-14(15)5-12(13)3-1/h1-9,11,18-21H,10H2. The van der Waals surface area contributed by atoms with Crippen LogP contribution in [0.3, 0.4) is 0 Å². The summed E-state index contributed by atoms with van der Waals surface area (Å²) < 4.78 is 0. The van der Waals surface area contributed by atoms with Gasteiger partial charge in [0.05, 0.1) is 6.04 Å². The maximum absolute atomic E-state index is 3.13. The molecule has 1 atom stereocenters. The van der Waals surface area contributed by atoms with Crippen molar-refractivity contribution in [2.24, 2.45) is 0 Å². The predicted octanol–water partition coefficient (Wildman–Crippen LogP) is 0.723. The van der Waals surface area contributed by atoms with Gasteiger partial charge >= 0.3 is 0 Å². The molecule has 0 amide bonds. The van der Waals surface area contributed by atoms with Crippen molar-refractivity contribution < 1.29 is 0 Å². The summed E-state index contributed by atoms with van der Waals surface area (Å²) in [5.74, 6) is 0. The Balaban J connectivity index is 1.81. The molecule has 0 saturated carbocycles. The molecular weight excluding hydrogens is 272 g/mol. The predicted molar refractivity (Wildman–Crippen MR) is 89.5 cm³/mol. The molecule has 0 radical (unpaired) electrons. The number of benzene rings is 3. The monoisotopic (exact) mass is 288 g/mol. The van der Waals surface area contributed by atoms with Gasteiger partial charge in [-0.1, -0.05) is 30.3 Å². The van der Waals surface area contributed by atoms with E-state index in [0.717, 1.165) is 6.54 Å². The summed E-state index contributed by atoms with van der Waals surface area (Å²) in [4.78, 5) is 0. The van der Waals surface area contributed by atoms with E-state index in [1.165, 1.54) is 32.0 Å². The van der Waals surface area contributed by atoms with Crippen LogP contribution in [0.1, 0.15) is 0 Å². The average molecular weight is 288 g/mol. The largest absolute Gasteiger partial charge is 0.292 e. The molecule has 2 aliphatic rings. The van der Waals surface area contributed by atoms with Crippen molar-refractivity contribution in [2.45, 2.75) is 6.04 Å². The summed E-state index contributed by atoms with van der Waals surface area (Å²) in [5.41, 5.74) is 9.20. The van der Waals surface area contributed by atoms with Gasteiger partial charge in [0.15, 0.2) is 0 Å². The first-order valence-corrected chi connectivity index (χ1v) is 7.55. The Morgan fingerprint density at radius 2 is 1.59 bits per heavy atom. The third-order valence-electron chi connectivity index (χ3n) is 4.50. The van der Waals surface area contributed by atoms with Crippen molar-refractivity contribution in [2.75, 3.05) is 6.54 Å². The quantitative estimate of drug-likeness (QED) is 0.533. The summed E-state index contributed by atoms with van der Waals surface area (Å²) in [6, 6.07) is 18.0. The second-order valence-corrected chi connectivity index (χ2v) is 5.92. The van der Waals surface area contributed by atoms with Gasteiger partial charge in [0.25, 0.3) is 0 Å². The molecule has 3 N–H and O–H groups in total. The van der Waals surface area contributed by atoms with Crippen LogP contribution >= 0.6 is 0 Å². The highest BCUT2D eigenvalue weighted by atomic mass is 15.8. The Hall–Kier alpha value is -2.40. The third-order valence-corrected chi connectivity index (χ3v) is 4.50. The SMILES string of the molecule is C1=c2cc3cc4ccccc4cc3cc2=CN2NNNCC12. The minimum atomic E-state index is 0.326. The van der Waals surface area contributed by atoms with E-state index in [1.54, 1.807) is 0 Å². The zero-order valence-corrected chi connectivity index (χ0v) is 12.0. The van der Waals surface area contributed by atoms with Gasteiger partial charge in [-0.15, -0.1) is 0 Å². The molecule has 3 aromatic rings. The van der Waals surface area contributed by atoms with E-state index < -0.39 is 0 Å². The highest BCUT2D eigenvalue weighted by Gasteiger charge is 2.19. The fourth-order valence-corrected chi connectivity index (χ4v) is 3.35. The highest BCUT2D eigenvalue weighted by Crippen LogP contribution is 2.21. The number of nitrogens with zero attached hydrogens (tertiary/aromatic N) is 1. The van der Waals surface area contributed by atoms with E-state index >= 15 is 0 Å². The topological polar surface area (TPSA) is 39.3 Å². The Morgan fingerprint density at radius 3 is 2.36 bits per heavy atom. The molecule has 2 aliphatic heterocycles. The molecule has 108 valence electrons. The number of nitrogens with one attached hydrogen (secondary N) is 3. The lowest BCUT2D eigenvalue weighted by Crippen LogP contribution is -2.64. The van der Waals surface area contributed by atoms with Crippen molar-refractivity contribution in [3.05, 3.63) is 59.0 Å². The Labute approximate surface area is 127 Å². The van der Waals surface area contributed by atoms with E-state index in [1.807, 2.05) is 0 Å². The minimum Gasteiger partial charge on any atom is -0.292 e. The van der Waals surface area contributed by atoms with E-state index in [-0.39, 0.29) is 0 Å². The number of fused-ring (bicyclic) bond motifs is 4. The Morgan fingerprint density at radius 1 is 0.864 bits per heavy atom. The van der Waals surface area contributed by atoms with Crippen LogP contribution in [0.2, 0.25) is 0 Å². The molecule has 22 heavy (non-hydrogen) atoms. The first-order chi connectivity index (χ1) is 10.9. The molecule has 4 nitrogen and oxygen atoms in total. The van der Waals surface area contributed by atoms with E-state index in [4.69, 9.17) is 0 Å². The third kappa shape index (κ3) is 1.82. The van der Waals surface area contributed by atoms with Crippen LogP contribution in [0.4, 0.5) is 0 Å². The van der Waals surface area contributed by atoms with Crippen molar-refractivity contribution in [3.63, 3.8) is 0 Å². The van der Waals surface area contributed by atoms with E-state index in [2.05, 4.69) is 82.3 Å². The van der Waals surface area contributed by atoms with Gasteiger partial charge in [-0.2, -0.15) is 11.1 Å². The van der Waals surface area contributed by atoms with Crippen LogP contribution in [0, 0.1) is 0 Å². The van der Waals surface area contributed by atoms with Crippen molar-refractivity contribution in [3.8, 4) is 0 Å². The maximum atomic E-state index is 3.13. The van der Waals surface area contributed by atoms with Gasteiger partial charge in [-0.05, 0) is 56.2 Å². The number of rotatable bonds is 0. The van der Waals surface area contributed by atoms with E-state index in [0.29, 0.717) is 6.04 Å². The Bertz CT molecular complexity index is 927. The fraction of sp³-hybridized carbons (Fsp3) is 0.111. The van der Waals surface area contributed by atoms with Crippen molar-refractivity contribution in [1.29, 1.82) is 0 Å². The molecule has 0 spiro atoms. The number of hydrogen-bond donors (Lipinski definition) is 3. The van der Waals surface area contributed by atoms with Crippen LogP contribution in [-0.2, 0) is 0 Å².